The molecule has 0 aliphatic carbocycles. The fourth-order valence-corrected chi connectivity index (χ4v) is 2.04. The molecule has 0 aliphatic rings. The Hall–Kier alpha value is -1.85. The summed E-state index contributed by atoms with van der Waals surface area (Å²) in [5.74, 6) is -1.26. The van der Waals surface area contributed by atoms with Gasteiger partial charge in [0.1, 0.15) is 5.54 Å². The molecule has 2 unspecified atom stereocenters. The number of carbonyl (C=O) groups excluding carboxylic acids is 1. The van der Waals surface area contributed by atoms with Crippen molar-refractivity contribution < 1.29 is 14.7 Å². The van der Waals surface area contributed by atoms with E-state index in [1.165, 1.54) is 6.92 Å². The summed E-state index contributed by atoms with van der Waals surface area (Å²) in [6.45, 7) is 5.32. The minimum Gasteiger partial charge on any atom is -0.480 e. The van der Waals surface area contributed by atoms with Crippen molar-refractivity contribution in [2.75, 3.05) is 0 Å². The van der Waals surface area contributed by atoms with E-state index in [1.54, 1.807) is 19.4 Å². The maximum atomic E-state index is 12.1. The lowest BCUT2D eigenvalue weighted by Crippen LogP contribution is -2.52. The normalized spacial score (nSPS) is 15.3. The molecule has 2 N–H and O–H groups in total. The number of amides is 1. The molecule has 0 spiro atoms. The first-order valence-corrected chi connectivity index (χ1v) is 6.94. The van der Waals surface area contributed by atoms with Crippen LogP contribution in [0.5, 0.6) is 0 Å². The van der Waals surface area contributed by atoms with Gasteiger partial charge in [0.25, 0.3) is 0 Å². The first kappa shape index (κ1) is 16.2. The van der Waals surface area contributed by atoms with Gasteiger partial charge in [0.2, 0.25) is 5.91 Å². The summed E-state index contributed by atoms with van der Waals surface area (Å²) < 4.78 is 1.90. The van der Waals surface area contributed by atoms with E-state index in [1.807, 2.05) is 10.8 Å². The Labute approximate surface area is 119 Å². The van der Waals surface area contributed by atoms with Crippen molar-refractivity contribution in [3.63, 3.8) is 0 Å². The average molecular weight is 281 g/mol. The number of carbonyl (C=O) groups is 2. The van der Waals surface area contributed by atoms with Crippen LogP contribution in [0, 0.1) is 0 Å². The zero-order valence-corrected chi connectivity index (χ0v) is 12.3. The molecule has 0 saturated carbocycles. The first-order valence-electron chi connectivity index (χ1n) is 6.94. The Bertz CT molecular complexity index is 445. The standard InChI is InChI=1S/C14H23N3O3/c1-4-6-11(17-8-7-15-10-17)9-12(18)16-14(3,5-2)13(19)20/h7-8,10-11H,4-6,9H2,1-3H3,(H,16,18)(H,19,20). The summed E-state index contributed by atoms with van der Waals surface area (Å²) in [6, 6.07) is 0.0115. The number of carboxylic acid groups (broad SMARTS) is 1. The maximum absolute atomic E-state index is 12.1. The monoisotopic (exact) mass is 281 g/mol. The van der Waals surface area contributed by atoms with Crippen LogP contribution in [-0.2, 0) is 9.59 Å². The molecule has 6 heteroatoms. The highest BCUT2D eigenvalue weighted by molar-refractivity contribution is 5.86. The molecule has 0 bridgehead atoms. The Kier molecular flexibility index (Phi) is 5.73. The van der Waals surface area contributed by atoms with Gasteiger partial charge in [-0.2, -0.15) is 0 Å². The third-order valence-corrected chi connectivity index (χ3v) is 3.58. The number of nitrogens with zero attached hydrogens (tertiary/aromatic N) is 2. The molecule has 0 radical (unpaired) electrons. The van der Waals surface area contributed by atoms with Crippen molar-refractivity contribution >= 4 is 11.9 Å². The van der Waals surface area contributed by atoms with E-state index in [9.17, 15) is 14.7 Å². The highest BCUT2D eigenvalue weighted by Crippen LogP contribution is 2.19. The molecule has 6 nitrogen and oxygen atoms in total. The summed E-state index contributed by atoms with van der Waals surface area (Å²) in [4.78, 5) is 27.3. The van der Waals surface area contributed by atoms with Crippen LogP contribution in [0.3, 0.4) is 0 Å². The molecule has 1 amide bonds. The van der Waals surface area contributed by atoms with Crippen molar-refractivity contribution in [2.45, 2.75) is 58.0 Å². The summed E-state index contributed by atoms with van der Waals surface area (Å²) in [6.07, 6.45) is 7.58. The fourth-order valence-electron chi connectivity index (χ4n) is 2.04. The Morgan fingerprint density at radius 2 is 2.15 bits per heavy atom. The second-order valence-corrected chi connectivity index (χ2v) is 5.20. The number of aromatic nitrogens is 2. The molecule has 0 fully saturated rings. The van der Waals surface area contributed by atoms with Crippen molar-refractivity contribution in [2.24, 2.45) is 0 Å². The van der Waals surface area contributed by atoms with E-state index in [4.69, 9.17) is 0 Å². The second-order valence-electron chi connectivity index (χ2n) is 5.20. The Morgan fingerprint density at radius 1 is 1.45 bits per heavy atom. The van der Waals surface area contributed by atoms with Gasteiger partial charge < -0.3 is 15.0 Å². The van der Waals surface area contributed by atoms with Crippen LogP contribution in [-0.4, -0.2) is 32.1 Å². The quantitative estimate of drug-likeness (QED) is 0.763. The molecule has 1 rings (SSSR count). The highest BCUT2D eigenvalue weighted by atomic mass is 16.4. The van der Waals surface area contributed by atoms with E-state index >= 15 is 0 Å². The summed E-state index contributed by atoms with van der Waals surface area (Å²) in [5, 5.41) is 11.8. The van der Waals surface area contributed by atoms with E-state index in [0.717, 1.165) is 12.8 Å². The Morgan fingerprint density at radius 3 is 2.60 bits per heavy atom. The van der Waals surface area contributed by atoms with Crippen LogP contribution in [0.4, 0.5) is 0 Å². The number of imidazole rings is 1. The van der Waals surface area contributed by atoms with Crippen LogP contribution in [0.25, 0.3) is 0 Å². The molecule has 20 heavy (non-hydrogen) atoms. The molecule has 1 aromatic rings. The number of nitrogens with one attached hydrogen (secondary N) is 1. The lowest BCUT2D eigenvalue weighted by Gasteiger charge is -2.26. The zero-order chi connectivity index (χ0) is 15.2. The topological polar surface area (TPSA) is 84.2 Å². The Balaban J connectivity index is 2.70. The van der Waals surface area contributed by atoms with Crippen molar-refractivity contribution in [3.8, 4) is 0 Å². The van der Waals surface area contributed by atoms with E-state index < -0.39 is 11.5 Å². The van der Waals surface area contributed by atoms with Gasteiger partial charge in [-0.1, -0.05) is 20.3 Å². The third-order valence-electron chi connectivity index (χ3n) is 3.58. The number of carboxylic acids is 1. The molecule has 1 heterocycles. The van der Waals surface area contributed by atoms with Gasteiger partial charge in [0, 0.05) is 24.9 Å². The van der Waals surface area contributed by atoms with E-state index in [-0.39, 0.29) is 18.4 Å². The summed E-state index contributed by atoms with van der Waals surface area (Å²) in [7, 11) is 0. The van der Waals surface area contributed by atoms with Gasteiger partial charge >= 0.3 is 5.97 Å². The molecule has 2 atom stereocenters. The lowest BCUT2D eigenvalue weighted by molar-refractivity contribution is -0.147. The van der Waals surface area contributed by atoms with Gasteiger partial charge in [-0.05, 0) is 19.8 Å². The number of aliphatic carboxylic acids is 1. The molecule has 0 aromatic carbocycles. The zero-order valence-electron chi connectivity index (χ0n) is 12.3. The number of hydrogen-bond donors (Lipinski definition) is 2. The van der Waals surface area contributed by atoms with E-state index in [0.29, 0.717) is 6.42 Å². The molecule has 1 aromatic heterocycles. The summed E-state index contributed by atoms with van der Waals surface area (Å²) in [5.41, 5.74) is -1.21. The second kappa shape index (κ2) is 7.07. The van der Waals surface area contributed by atoms with Crippen molar-refractivity contribution in [1.82, 2.24) is 14.9 Å². The predicted octanol–water partition coefficient (Wildman–Crippen LogP) is 1.98. The van der Waals surface area contributed by atoms with Gasteiger partial charge in [0.05, 0.1) is 6.33 Å². The maximum Gasteiger partial charge on any atom is 0.329 e. The highest BCUT2D eigenvalue weighted by Gasteiger charge is 2.33. The summed E-state index contributed by atoms with van der Waals surface area (Å²) >= 11 is 0. The number of hydrogen-bond acceptors (Lipinski definition) is 3. The number of rotatable bonds is 8. The van der Waals surface area contributed by atoms with Gasteiger partial charge in [-0.25, -0.2) is 9.78 Å². The molecular formula is C14H23N3O3. The van der Waals surface area contributed by atoms with Gasteiger partial charge in [0.15, 0.2) is 0 Å². The van der Waals surface area contributed by atoms with Gasteiger partial charge in [-0.3, -0.25) is 4.79 Å². The molecule has 0 saturated heterocycles. The van der Waals surface area contributed by atoms with Crippen LogP contribution < -0.4 is 5.32 Å². The van der Waals surface area contributed by atoms with Crippen LogP contribution in [0.15, 0.2) is 18.7 Å². The minimum atomic E-state index is -1.21. The SMILES string of the molecule is CCCC(CC(=O)NC(C)(CC)C(=O)O)n1ccnc1. The van der Waals surface area contributed by atoms with Gasteiger partial charge in [-0.15, -0.1) is 0 Å². The average Bonchev–Trinajstić information content (AvgIpc) is 2.91. The van der Waals surface area contributed by atoms with Crippen LogP contribution in [0.1, 0.15) is 52.5 Å². The lowest BCUT2D eigenvalue weighted by atomic mass is 9.98. The van der Waals surface area contributed by atoms with Crippen LogP contribution >= 0.6 is 0 Å². The predicted molar refractivity (Wildman–Crippen MR) is 75.3 cm³/mol. The third kappa shape index (κ3) is 4.08. The fraction of sp³-hybridized carbons (Fsp3) is 0.643. The molecular weight excluding hydrogens is 258 g/mol. The van der Waals surface area contributed by atoms with Crippen LogP contribution in [0.2, 0.25) is 0 Å². The largest absolute Gasteiger partial charge is 0.480 e. The smallest absolute Gasteiger partial charge is 0.329 e. The van der Waals surface area contributed by atoms with E-state index in [2.05, 4.69) is 17.2 Å². The molecule has 0 aliphatic heterocycles. The van der Waals surface area contributed by atoms with Crippen molar-refractivity contribution in [3.05, 3.63) is 18.7 Å². The minimum absolute atomic E-state index is 0.0115. The molecule has 112 valence electrons. The first-order chi connectivity index (χ1) is 9.42. The van der Waals surface area contributed by atoms with Crippen molar-refractivity contribution in [1.29, 1.82) is 0 Å².